The molecule has 1 aliphatic rings. The third-order valence-electron chi connectivity index (χ3n) is 5.19. The summed E-state index contributed by atoms with van der Waals surface area (Å²) in [5.74, 6) is -1.29. The summed E-state index contributed by atoms with van der Waals surface area (Å²) >= 11 is 3.21. The number of rotatable bonds is 5. The van der Waals surface area contributed by atoms with Crippen LogP contribution >= 0.6 is 15.9 Å². The number of hydrogen-bond acceptors (Lipinski definition) is 5. The fourth-order valence-electron chi connectivity index (χ4n) is 3.49. The first-order valence-corrected chi connectivity index (χ1v) is 11.0. The molecule has 10 heteroatoms. The van der Waals surface area contributed by atoms with E-state index >= 15 is 0 Å². The van der Waals surface area contributed by atoms with Crippen molar-refractivity contribution < 1.29 is 23.0 Å². The van der Waals surface area contributed by atoms with Crippen LogP contribution in [0.1, 0.15) is 21.7 Å². The van der Waals surface area contributed by atoms with Crippen molar-refractivity contribution in [1.82, 2.24) is 14.5 Å². The average molecular weight is 520 g/mol. The topological polar surface area (TPSA) is 73.7 Å². The van der Waals surface area contributed by atoms with Gasteiger partial charge in [0.25, 0.3) is 11.5 Å². The van der Waals surface area contributed by atoms with Crippen molar-refractivity contribution in [3.05, 3.63) is 85.9 Å². The van der Waals surface area contributed by atoms with Crippen LogP contribution in [0.3, 0.4) is 0 Å². The maximum Gasteiger partial charge on any atom is 0.276 e. The number of morpholine rings is 1. The Morgan fingerprint density at radius 1 is 1.18 bits per heavy atom. The molecule has 3 aromatic rings. The van der Waals surface area contributed by atoms with E-state index in [0.29, 0.717) is 43.4 Å². The number of aryl methyl sites for hydroxylation is 1. The Bertz CT molecular complexity index is 1260. The highest BCUT2D eigenvalue weighted by Crippen LogP contribution is 2.23. The highest BCUT2D eigenvalue weighted by atomic mass is 79.9. The summed E-state index contributed by atoms with van der Waals surface area (Å²) in [5.41, 5.74) is 0.596. The number of benzene rings is 2. The van der Waals surface area contributed by atoms with Crippen molar-refractivity contribution in [3.63, 3.8) is 0 Å². The molecule has 4 rings (SSSR count). The smallest absolute Gasteiger partial charge is 0.276 e. The van der Waals surface area contributed by atoms with Gasteiger partial charge in [0.05, 0.1) is 18.9 Å². The lowest BCUT2D eigenvalue weighted by molar-refractivity contribution is 0.0303. The SMILES string of the molecule is Cc1nc(OCc2ccc(F)cc2F)c(Br)c(=O)n1-c1cccc(C(=O)N2CCOCC2)c1. The van der Waals surface area contributed by atoms with Crippen molar-refractivity contribution in [2.45, 2.75) is 13.5 Å². The summed E-state index contributed by atoms with van der Waals surface area (Å²) in [7, 11) is 0. The van der Waals surface area contributed by atoms with E-state index in [0.717, 1.165) is 12.1 Å². The molecule has 0 radical (unpaired) electrons. The Kier molecular flexibility index (Phi) is 6.85. The summed E-state index contributed by atoms with van der Waals surface area (Å²) < 4.78 is 39.2. The van der Waals surface area contributed by atoms with Gasteiger partial charge in [0.1, 0.15) is 28.5 Å². The molecule has 1 aliphatic heterocycles. The van der Waals surface area contributed by atoms with Crippen molar-refractivity contribution in [1.29, 1.82) is 0 Å². The summed E-state index contributed by atoms with van der Waals surface area (Å²) in [6.07, 6.45) is 0. The van der Waals surface area contributed by atoms with Gasteiger partial charge >= 0.3 is 0 Å². The monoisotopic (exact) mass is 519 g/mol. The number of hydrogen-bond donors (Lipinski definition) is 0. The lowest BCUT2D eigenvalue weighted by Crippen LogP contribution is -2.40. The zero-order valence-electron chi connectivity index (χ0n) is 17.7. The molecule has 1 saturated heterocycles. The zero-order chi connectivity index (χ0) is 23.5. The van der Waals surface area contributed by atoms with Crippen LogP contribution in [-0.4, -0.2) is 46.7 Å². The Morgan fingerprint density at radius 2 is 1.94 bits per heavy atom. The fourth-order valence-corrected chi connectivity index (χ4v) is 3.87. The van der Waals surface area contributed by atoms with Gasteiger partial charge in [0, 0.05) is 30.3 Å². The van der Waals surface area contributed by atoms with Crippen LogP contribution in [0.4, 0.5) is 8.78 Å². The molecule has 1 aromatic heterocycles. The molecule has 7 nitrogen and oxygen atoms in total. The van der Waals surface area contributed by atoms with E-state index in [2.05, 4.69) is 20.9 Å². The van der Waals surface area contributed by atoms with Crippen LogP contribution in [0.25, 0.3) is 5.69 Å². The highest BCUT2D eigenvalue weighted by molar-refractivity contribution is 9.10. The summed E-state index contributed by atoms with van der Waals surface area (Å²) in [5, 5.41) is 0. The van der Waals surface area contributed by atoms with E-state index < -0.39 is 17.2 Å². The van der Waals surface area contributed by atoms with Crippen LogP contribution in [0, 0.1) is 18.6 Å². The first-order chi connectivity index (χ1) is 15.8. The van der Waals surface area contributed by atoms with E-state index in [1.807, 2.05) is 0 Å². The minimum Gasteiger partial charge on any atom is -0.472 e. The average Bonchev–Trinajstić information content (AvgIpc) is 2.82. The van der Waals surface area contributed by atoms with Crippen molar-refractivity contribution in [2.24, 2.45) is 0 Å². The first-order valence-electron chi connectivity index (χ1n) is 10.2. The molecule has 0 aliphatic carbocycles. The second-order valence-corrected chi connectivity index (χ2v) is 8.19. The fraction of sp³-hybridized carbons (Fsp3) is 0.261. The summed E-state index contributed by atoms with van der Waals surface area (Å²) in [6, 6.07) is 9.88. The number of halogens is 3. The third kappa shape index (κ3) is 4.96. The lowest BCUT2D eigenvalue weighted by atomic mass is 10.1. The minimum atomic E-state index is -0.752. The van der Waals surface area contributed by atoms with Crippen LogP contribution in [0.2, 0.25) is 0 Å². The number of nitrogens with zero attached hydrogens (tertiary/aromatic N) is 3. The third-order valence-corrected chi connectivity index (χ3v) is 5.87. The van der Waals surface area contributed by atoms with Gasteiger partial charge in [0.2, 0.25) is 5.88 Å². The molecule has 33 heavy (non-hydrogen) atoms. The van der Waals surface area contributed by atoms with Crippen LogP contribution in [-0.2, 0) is 11.3 Å². The zero-order valence-corrected chi connectivity index (χ0v) is 19.3. The Hall–Kier alpha value is -3.11. The number of amides is 1. The number of ether oxygens (including phenoxy) is 2. The quantitative estimate of drug-likeness (QED) is 0.514. The minimum absolute atomic E-state index is 0.0157. The van der Waals surface area contributed by atoms with Gasteiger partial charge in [-0.1, -0.05) is 6.07 Å². The van der Waals surface area contributed by atoms with Crippen LogP contribution < -0.4 is 10.3 Å². The molecule has 2 heterocycles. The molecular weight excluding hydrogens is 500 g/mol. The molecular formula is C23H20BrF2N3O4. The molecule has 0 unspecified atom stereocenters. The summed E-state index contributed by atoms with van der Waals surface area (Å²) in [6.45, 7) is 3.39. The van der Waals surface area contributed by atoms with Crippen molar-refractivity contribution in [3.8, 4) is 11.6 Å². The molecule has 0 N–H and O–H groups in total. The normalized spacial score (nSPS) is 13.8. The molecule has 1 amide bonds. The van der Waals surface area contributed by atoms with Gasteiger partial charge in [0.15, 0.2) is 0 Å². The van der Waals surface area contributed by atoms with E-state index in [1.165, 1.54) is 10.6 Å². The van der Waals surface area contributed by atoms with Crippen molar-refractivity contribution >= 4 is 21.8 Å². The van der Waals surface area contributed by atoms with E-state index in [9.17, 15) is 18.4 Å². The molecule has 0 bridgehead atoms. The molecule has 172 valence electrons. The molecule has 1 fully saturated rings. The van der Waals surface area contributed by atoms with Gasteiger partial charge in [-0.15, -0.1) is 0 Å². The van der Waals surface area contributed by atoms with E-state index in [-0.39, 0.29) is 28.4 Å². The van der Waals surface area contributed by atoms with E-state index in [4.69, 9.17) is 9.47 Å². The maximum atomic E-state index is 13.9. The molecule has 0 spiro atoms. The van der Waals surface area contributed by atoms with Gasteiger partial charge in [-0.3, -0.25) is 14.2 Å². The second-order valence-electron chi connectivity index (χ2n) is 7.40. The lowest BCUT2D eigenvalue weighted by Gasteiger charge is -2.27. The van der Waals surface area contributed by atoms with Crippen LogP contribution in [0.5, 0.6) is 5.88 Å². The summed E-state index contributed by atoms with van der Waals surface area (Å²) in [4.78, 5) is 31.9. The standard InChI is InChI=1S/C23H20BrF2N3O4/c1-14-27-21(33-13-16-5-6-17(25)12-19(16)26)20(24)23(31)29(14)18-4-2-3-15(11-18)22(30)28-7-9-32-10-8-28/h2-6,11-12H,7-10,13H2,1H3. The number of carbonyl (C=O) groups excluding carboxylic acids is 1. The molecule has 2 aromatic carbocycles. The van der Waals surface area contributed by atoms with Gasteiger partial charge in [-0.2, -0.15) is 4.98 Å². The number of aromatic nitrogens is 2. The van der Waals surface area contributed by atoms with Gasteiger partial charge in [-0.25, -0.2) is 8.78 Å². The van der Waals surface area contributed by atoms with Gasteiger partial charge < -0.3 is 14.4 Å². The van der Waals surface area contributed by atoms with Gasteiger partial charge in [-0.05, 0) is 53.2 Å². The van der Waals surface area contributed by atoms with Crippen LogP contribution in [0.15, 0.2) is 51.7 Å². The predicted octanol–water partition coefficient (Wildman–Crippen LogP) is 3.63. The Balaban J connectivity index is 1.61. The first kappa shape index (κ1) is 23.1. The molecule has 0 atom stereocenters. The Morgan fingerprint density at radius 3 is 2.67 bits per heavy atom. The van der Waals surface area contributed by atoms with Crippen molar-refractivity contribution in [2.75, 3.05) is 26.3 Å². The maximum absolute atomic E-state index is 13.9. The number of carbonyl (C=O) groups is 1. The predicted molar refractivity (Wildman–Crippen MR) is 120 cm³/mol. The largest absolute Gasteiger partial charge is 0.472 e. The van der Waals surface area contributed by atoms with E-state index in [1.54, 1.807) is 36.1 Å². The molecule has 0 saturated carbocycles. The second kappa shape index (κ2) is 9.80. The Labute approximate surface area is 196 Å². The highest BCUT2D eigenvalue weighted by Gasteiger charge is 2.20.